The molecule has 100 valence electrons. The van der Waals surface area contributed by atoms with Gasteiger partial charge in [-0.2, -0.15) is 0 Å². The van der Waals surface area contributed by atoms with Gasteiger partial charge in [0.05, 0.1) is 11.0 Å². The molecule has 2 aromatic rings. The summed E-state index contributed by atoms with van der Waals surface area (Å²) in [6, 6.07) is 6.88. The predicted octanol–water partition coefficient (Wildman–Crippen LogP) is -0.188. The SMILES string of the molecule is NC(=O)N1CCNCC1n1c(=O)[nH]c2ccccc21. The fraction of sp³-hybridized carbons (Fsp3) is 0.333. The number of H-pyrrole nitrogens is 1. The highest BCUT2D eigenvalue weighted by atomic mass is 16.2. The maximum Gasteiger partial charge on any atom is 0.328 e. The lowest BCUT2D eigenvalue weighted by molar-refractivity contribution is 0.133. The van der Waals surface area contributed by atoms with Gasteiger partial charge in [0.25, 0.3) is 0 Å². The van der Waals surface area contributed by atoms with Crippen LogP contribution in [0.25, 0.3) is 11.0 Å². The fourth-order valence-corrected chi connectivity index (χ4v) is 2.55. The van der Waals surface area contributed by atoms with E-state index in [1.807, 2.05) is 24.3 Å². The molecular formula is C12H15N5O2. The zero-order valence-corrected chi connectivity index (χ0v) is 10.3. The molecule has 0 spiro atoms. The van der Waals surface area contributed by atoms with Crippen LogP contribution in [-0.2, 0) is 0 Å². The number of nitrogens with two attached hydrogens (primary N) is 1. The van der Waals surface area contributed by atoms with Crippen LogP contribution in [0.1, 0.15) is 6.17 Å². The Balaban J connectivity index is 2.14. The van der Waals surface area contributed by atoms with Crippen LogP contribution in [0.3, 0.4) is 0 Å². The van der Waals surface area contributed by atoms with Gasteiger partial charge in [-0.05, 0) is 12.1 Å². The number of hydrogen-bond donors (Lipinski definition) is 3. The number of primary amides is 1. The standard InChI is InChI=1S/C12H15N5O2/c13-11(18)16-6-5-14-7-10(16)17-9-4-2-1-3-8(9)15-12(17)19/h1-4,10,14H,5-7H2,(H2,13,18)(H,15,19). The van der Waals surface area contributed by atoms with Gasteiger partial charge < -0.3 is 20.9 Å². The van der Waals surface area contributed by atoms with E-state index in [1.165, 1.54) is 4.90 Å². The molecule has 3 rings (SSSR count). The summed E-state index contributed by atoms with van der Waals surface area (Å²) >= 11 is 0. The normalized spacial score (nSPS) is 19.8. The molecule has 2 heterocycles. The molecule has 4 N–H and O–H groups in total. The van der Waals surface area contributed by atoms with Crippen LogP contribution in [0.5, 0.6) is 0 Å². The number of fused-ring (bicyclic) bond motifs is 1. The Morgan fingerprint density at radius 1 is 1.37 bits per heavy atom. The lowest BCUT2D eigenvalue weighted by Gasteiger charge is -2.35. The van der Waals surface area contributed by atoms with Gasteiger partial charge in [0, 0.05) is 19.6 Å². The van der Waals surface area contributed by atoms with Gasteiger partial charge in [0.15, 0.2) is 0 Å². The van der Waals surface area contributed by atoms with Crippen LogP contribution in [-0.4, -0.2) is 40.1 Å². The third-order valence-electron chi connectivity index (χ3n) is 3.42. The van der Waals surface area contributed by atoms with E-state index in [0.29, 0.717) is 19.6 Å². The van der Waals surface area contributed by atoms with Crippen LogP contribution in [0.4, 0.5) is 4.79 Å². The molecule has 0 aliphatic carbocycles. The average molecular weight is 261 g/mol. The number of urea groups is 1. The topological polar surface area (TPSA) is 96.2 Å². The van der Waals surface area contributed by atoms with Crippen molar-refractivity contribution in [3.05, 3.63) is 34.7 Å². The number of piperazine rings is 1. The number of carbonyl (C=O) groups is 1. The molecule has 1 aromatic heterocycles. The van der Waals surface area contributed by atoms with E-state index < -0.39 is 12.2 Å². The van der Waals surface area contributed by atoms with E-state index in [0.717, 1.165) is 11.0 Å². The summed E-state index contributed by atoms with van der Waals surface area (Å²) in [5.41, 5.74) is 6.68. The minimum Gasteiger partial charge on any atom is -0.351 e. The van der Waals surface area contributed by atoms with Gasteiger partial charge in [0.1, 0.15) is 6.17 Å². The Kier molecular flexibility index (Phi) is 2.75. The van der Waals surface area contributed by atoms with Crippen LogP contribution in [0.2, 0.25) is 0 Å². The summed E-state index contributed by atoms with van der Waals surface area (Å²) in [5, 5.41) is 3.18. The van der Waals surface area contributed by atoms with E-state index in [4.69, 9.17) is 5.73 Å². The molecule has 2 amide bonds. The predicted molar refractivity (Wildman–Crippen MR) is 70.8 cm³/mol. The van der Waals surface area contributed by atoms with E-state index in [2.05, 4.69) is 10.3 Å². The van der Waals surface area contributed by atoms with E-state index in [-0.39, 0.29) is 5.69 Å². The van der Waals surface area contributed by atoms with Gasteiger partial charge in [-0.15, -0.1) is 0 Å². The Morgan fingerprint density at radius 3 is 2.95 bits per heavy atom. The van der Waals surface area contributed by atoms with Crippen molar-refractivity contribution in [2.45, 2.75) is 6.17 Å². The fourth-order valence-electron chi connectivity index (χ4n) is 2.55. The monoisotopic (exact) mass is 261 g/mol. The first-order valence-electron chi connectivity index (χ1n) is 6.14. The Hall–Kier alpha value is -2.28. The second kappa shape index (κ2) is 4.43. The van der Waals surface area contributed by atoms with Crippen molar-refractivity contribution < 1.29 is 4.79 Å². The molecular weight excluding hydrogens is 246 g/mol. The molecule has 1 unspecified atom stereocenters. The molecule has 1 aliphatic rings. The lowest BCUT2D eigenvalue weighted by atomic mass is 10.2. The third-order valence-corrected chi connectivity index (χ3v) is 3.42. The van der Waals surface area contributed by atoms with E-state index in [9.17, 15) is 9.59 Å². The number of aromatic amines is 1. The quantitative estimate of drug-likeness (QED) is 0.664. The summed E-state index contributed by atoms with van der Waals surface area (Å²) in [7, 11) is 0. The largest absolute Gasteiger partial charge is 0.351 e. The first kappa shape index (κ1) is 11.8. The Labute approximate surface area is 109 Å². The minimum atomic E-state index is -0.510. The number of nitrogens with one attached hydrogen (secondary N) is 2. The number of para-hydroxylation sites is 2. The first-order chi connectivity index (χ1) is 9.18. The summed E-state index contributed by atoms with van der Waals surface area (Å²) < 4.78 is 1.58. The number of carbonyl (C=O) groups excluding carboxylic acids is 1. The van der Waals surface area contributed by atoms with Crippen molar-refractivity contribution in [3.8, 4) is 0 Å². The number of nitrogens with zero attached hydrogens (tertiary/aromatic N) is 2. The highest BCUT2D eigenvalue weighted by Crippen LogP contribution is 2.19. The Bertz CT molecular complexity index is 674. The molecule has 0 bridgehead atoms. The van der Waals surface area contributed by atoms with Crippen LogP contribution in [0, 0.1) is 0 Å². The van der Waals surface area contributed by atoms with Gasteiger partial charge in [0.2, 0.25) is 0 Å². The zero-order valence-electron chi connectivity index (χ0n) is 10.3. The second-order valence-electron chi connectivity index (χ2n) is 4.53. The smallest absolute Gasteiger partial charge is 0.328 e. The lowest BCUT2D eigenvalue weighted by Crippen LogP contribution is -2.54. The molecule has 19 heavy (non-hydrogen) atoms. The summed E-state index contributed by atoms with van der Waals surface area (Å²) in [4.78, 5) is 27.9. The molecule has 7 nitrogen and oxygen atoms in total. The number of benzene rings is 1. The van der Waals surface area contributed by atoms with E-state index in [1.54, 1.807) is 4.57 Å². The number of imidazole rings is 1. The molecule has 1 atom stereocenters. The zero-order chi connectivity index (χ0) is 13.4. The van der Waals surface area contributed by atoms with Gasteiger partial charge in [-0.1, -0.05) is 12.1 Å². The van der Waals surface area contributed by atoms with Gasteiger partial charge in [-0.25, -0.2) is 9.59 Å². The van der Waals surface area contributed by atoms with Crippen LogP contribution < -0.4 is 16.7 Å². The van der Waals surface area contributed by atoms with Crippen LogP contribution in [0.15, 0.2) is 29.1 Å². The van der Waals surface area contributed by atoms with Crippen molar-refractivity contribution in [2.75, 3.05) is 19.6 Å². The van der Waals surface area contributed by atoms with E-state index >= 15 is 0 Å². The number of amides is 2. The minimum absolute atomic E-state index is 0.235. The second-order valence-corrected chi connectivity index (χ2v) is 4.53. The van der Waals surface area contributed by atoms with Gasteiger partial charge >= 0.3 is 11.7 Å². The summed E-state index contributed by atoms with van der Waals surface area (Å²) in [6.45, 7) is 1.67. The maximum absolute atomic E-state index is 12.1. The van der Waals surface area contributed by atoms with Crippen LogP contribution >= 0.6 is 0 Å². The summed E-state index contributed by atoms with van der Waals surface area (Å²) in [6.07, 6.45) is -0.394. The third kappa shape index (κ3) is 1.88. The maximum atomic E-state index is 12.1. The molecule has 0 radical (unpaired) electrons. The average Bonchev–Trinajstić information content (AvgIpc) is 2.74. The van der Waals surface area contributed by atoms with Crippen molar-refractivity contribution in [1.82, 2.24) is 19.8 Å². The van der Waals surface area contributed by atoms with Crippen molar-refractivity contribution in [2.24, 2.45) is 5.73 Å². The number of aromatic nitrogens is 2. The molecule has 1 aromatic carbocycles. The van der Waals surface area contributed by atoms with Crippen molar-refractivity contribution in [1.29, 1.82) is 0 Å². The van der Waals surface area contributed by atoms with Crippen molar-refractivity contribution >= 4 is 17.1 Å². The molecule has 0 saturated carbocycles. The van der Waals surface area contributed by atoms with Crippen molar-refractivity contribution in [3.63, 3.8) is 0 Å². The number of rotatable bonds is 1. The highest BCUT2D eigenvalue weighted by Gasteiger charge is 2.28. The molecule has 1 saturated heterocycles. The number of hydrogen-bond acceptors (Lipinski definition) is 3. The van der Waals surface area contributed by atoms with Gasteiger partial charge in [-0.3, -0.25) is 4.57 Å². The highest BCUT2D eigenvalue weighted by molar-refractivity contribution is 5.76. The summed E-state index contributed by atoms with van der Waals surface area (Å²) in [5.74, 6) is 0. The molecule has 1 fully saturated rings. The molecule has 1 aliphatic heterocycles. The Morgan fingerprint density at radius 2 is 2.16 bits per heavy atom. The first-order valence-corrected chi connectivity index (χ1v) is 6.14. The molecule has 7 heteroatoms.